The number of anilines is 1. The van der Waals surface area contributed by atoms with Gasteiger partial charge in [0.25, 0.3) is 15.9 Å². The maximum atomic E-state index is 12.7. The first kappa shape index (κ1) is 21.9. The first-order valence-electron chi connectivity index (χ1n) is 9.44. The van der Waals surface area contributed by atoms with Gasteiger partial charge in [-0.3, -0.25) is 9.10 Å². The second-order valence-electron chi connectivity index (χ2n) is 6.66. The van der Waals surface area contributed by atoms with Crippen LogP contribution in [0.1, 0.15) is 35.3 Å². The number of thiophene rings is 1. The summed E-state index contributed by atoms with van der Waals surface area (Å²) in [7, 11) is -0.493. The van der Waals surface area contributed by atoms with Crippen molar-refractivity contribution in [2.75, 3.05) is 18.5 Å². The summed E-state index contributed by atoms with van der Waals surface area (Å²) >= 11 is 1.17. The standard InChI is InChI=1S/C22H24N2O4S2/c1-4-20(16-9-13-19(28-3)14-10-16)23-22(25)17-7-11-18(12-8-17)24(2)30(26,27)21-6-5-15-29-21/h5-15,20H,4H2,1-3H3,(H,23,25). The van der Waals surface area contributed by atoms with Gasteiger partial charge in [0.1, 0.15) is 9.96 Å². The molecule has 1 atom stereocenters. The molecule has 1 N–H and O–H groups in total. The summed E-state index contributed by atoms with van der Waals surface area (Å²) in [6.45, 7) is 2.00. The summed E-state index contributed by atoms with van der Waals surface area (Å²) in [6, 6.07) is 17.3. The molecule has 30 heavy (non-hydrogen) atoms. The van der Waals surface area contributed by atoms with Crippen molar-refractivity contribution >= 4 is 33.0 Å². The Balaban J connectivity index is 1.72. The molecule has 0 aliphatic heterocycles. The maximum Gasteiger partial charge on any atom is 0.273 e. The van der Waals surface area contributed by atoms with Crippen molar-refractivity contribution in [1.29, 1.82) is 0 Å². The lowest BCUT2D eigenvalue weighted by molar-refractivity contribution is 0.0935. The van der Waals surface area contributed by atoms with Crippen LogP contribution in [0.5, 0.6) is 5.75 Å². The van der Waals surface area contributed by atoms with E-state index in [2.05, 4.69) is 5.32 Å². The number of hydrogen-bond acceptors (Lipinski definition) is 5. The van der Waals surface area contributed by atoms with Crippen LogP contribution in [-0.2, 0) is 10.0 Å². The molecule has 0 saturated heterocycles. The predicted molar refractivity (Wildman–Crippen MR) is 120 cm³/mol. The highest BCUT2D eigenvalue weighted by Gasteiger charge is 2.22. The Bertz CT molecular complexity index is 1080. The molecule has 0 aliphatic rings. The first-order chi connectivity index (χ1) is 14.4. The number of nitrogens with zero attached hydrogens (tertiary/aromatic N) is 1. The lowest BCUT2D eigenvalue weighted by atomic mass is 10.0. The third-order valence-electron chi connectivity index (χ3n) is 4.83. The van der Waals surface area contributed by atoms with Crippen molar-refractivity contribution < 1.29 is 17.9 Å². The van der Waals surface area contributed by atoms with Crippen molar-refractivity contribution in [1.82, 2.24) is 5.32 Å². The van der Waals surface area contributed by atoms with Gasteiger partial charge in [0.15, 0.2) is 0 Å². The fourth-order valence-corrected chi connectivity index (χ4v) is 5.36. The summed E-state index contributed by atoms with van der Waals surface area (Å²) in [6.07, 6.45) is 0.734. The van der Waals surface area contributed by atoms with Crippen LogP contribution in [0, 0.1) is 0 Å². The van der Waals surface area contributed by atoms with Crippen LogP contribution in [0.2, 0.25) is 0 Å². The van der Waals surface area contributed by atoms with E-state index in [0.717, 1.165) is 17.7 Å². The molecule has 1 aromatic heterocycles. The van der Waals surface area contributed by atoms with Crippen molar-refractivity contribution in [3.63, 3.8) is 0 Å². The number of carbonyl (C=O) groups is 1. The fourth-order valence-electron chi connectivity index (χ4n) is 3.01. The van der Waals surface area contributed by atoms with E-state index >= 15 is 0 Å². The number of nitrogens with one attached hydrogen (secondary N) is 1. The number of ether oxygens (including phenoxy) is 1. The highest BCUT2D eigenvalue weighted by Crippen LogP contribution is 2.26. The van der Waals surface area contributed by atoms with Gasteiger partial charge in [-0.05, 0) is 59.8 Å². The van der Waals surface area contributed by atoms with Crippen LogP contribution in [0.3, 0.4) is 0 Å². The molecular weight excluding hydrogens is 420 g/mol. The smallest absolute Gasteiger partial charge is 0.273 e. The Morgan fingerprint density at radius 1 is 1.10 bits per heavy atom. The van der Waals surface area contributed by atoms with E-state index in [9.17, 15) is 13.2 Å². The van der Waals surface area contributed by atoms with Crippen LogP contribution in [0.4, 0.5) is 5.69 Å². The number of hydrogen-bond donors (Lipinski definition) is 1. The summed E-state index contributed by atoms with van der Waals surface area (Å²) in [5.74, 6) is 0.546. The van der Waals surface area contributed by atoms with Crippen LogP contribution in [0.15, 0.2) is 70.3 Å². The minimum Gasteiger partial charge on any atom is -0.497 e. The summed E-state index contributed by atoms with van der Waals surface area (Å²) < 4.78 is 32.0. The maximum absolute atomic E-state index is 12.7. The van der Waals surface area contributed by atoms with E-state index in [1.165, 1.54) is 22.7 Å². The zero-order chi connectivity index (χ0) is 21.7. The largest absolute Gasteiger partial charge is 0.497 e. The third kappa shape index (κ3) is 4.66. The number of rotatable bonds is 8. The van der Waals surface area contributed by atoms with Gasteiger partial charge in [-0.1, -0.05) is 25.1 Å². The molecule has 0 spiro atoms. The molecule has 6 nitrogen and oxygen atoms in total. The van der Waals surface area contributed by atoms with E-state index in [0.29, 0.717) is 11.3 Å². The molecule has 1 heterocycles. The molecule has 2 aromatic carbocycles. The van der Waals surface area contributed by atoms with E-state index in [1.807, 2.05) is 31.2 Å². The van der Waals surface area contributed by atoms with Crippen LogP contribution in [-0.4, -0.2) is 28.5 Å². The molecule has 158 valence electrons. The quantitative estimate of drug-likeness (QED) is 0.556. The van der Waals surface area contributed by atoms with Gasteiger partial charge in [-0.15, -0.1) is 11.3 Å². The molecule has 0 aliphatic carbocycles. The molecule has 3 rings (SSSR count). The first-order valence-corrected chi connectivity index (χ1v) is 11.8. The second-order valence-corrected chi connectivity index (χ2v) is 9.80. The average Bonchev–Trinajstić information content (AvgIpc) is 3.33. The highest BCUT2D eigenvalue weighted by molar-refractivity contribution is 7.94. The molecule has 0 bridgehead atoms. The van der Waals surface area contributed by atoms with E-state index in [1.54, 1.807) is 48.9 Å². The Morgan fingerprint density at radius 2 is 1.77 bits per heavy atom. The minimum absolute atomic E-state index is 0.134. The molecule has 1 amide bonds. The summed E-state index contributed by atoms with van der Waals surface area (Å²) in [5, 5.41) is 4.75. The number of carbonyl (C=O) groups excluding carboxylic acids is 1. The van der Waals surface area contributed by atoms with Crippen molar-refractivity contribution in [2.45, 2.75) is 23.6 Å². The number of sulfonamides is 1. The second kappa shape index (κ2) is 9.32. The van der Waals surface area contributed by atoms with Gasteiger partial charge in [0.2, 0.25) is 0 Å². The van der Waals surface area contributed by atoms with Crippen molar-refractivity contribution in [3.05, 3.63) is 77.2 Å². The topological polar surface area (TPSA) is 75.7 Å². The van der Waals surface area contributed by atoms with E-state index in [4.69, 9.17) is 4.74 Å². The molecule has 0 saturated carbocycles. The monoisotopic (exact) mass is 444 g/mol. The zero-order valence-corrected chi connectivity index (χ0v) is 18.7. The summed E-state index contributed by atoms with van der Waals surface area (Å²) in [5.41, 5.74) is 1.94. The van der Waals surface area contributed by atoms with Crippen LogP contribution >= 0.6 is 11.3 Å². The van der Waals surface area contributed by atoms with Gasteiger partial charge in [0.05, 0.1) is 18.8 Å². The SMILES string of the molecule is CCC(NC(=O)c1ccc(N(C)S(=O)(=O)c2cccs2)cc1)c1ccc(OC)cc1. The van der Waals surface area contributed by atoms with Gasteiger partial charge in [-0.2, -0.15) is 0 Å². The van der Waals surface area contributed by atoms with Crippen LogP contribution < -0.4 is 14.4 Å². The molecule has 8 heteroatoms. The summed E-state index contributed by atoms with van der Waals surface area (Å²) in [4.78, 5) is 12.7. The number of methoxy groups -OCH3 is 1. The molecule has 0 fully saturated rings. The average molecular weight is 445 g/mol. The predicted octanol–water partition coefficient (Wildman–Crippen LogP) is 4.46. The van der Waals surface area contributed by atoms with Gasteiger partial charge >= 0.3 is 0 Å². The fraction of sp³-hybridized carbons (Fsp3) is 0.227. The van der Waals surface area contributed by atoms with E-state index in [-0.39, 0.29) is 16.2 Å². The Hall–Kier alpha value is -2.84. The van der Waals surface area contributed by atoms with Gasteiger partial charge in [0, 0.05) is 12.6 Å². The Kier molecular flexibility index (Phi) is 6.79. The van der Waals surface area contributed by atoms with Crippen molar-refractivity contribution in [3.8, 4) is 5.75 Å². The Labute approximate surface area is 181 Å². The molecule has 0 radical (unpaired) electrons. The lowest BCUT2D eigenvalue weighted by Gasteiger charge is -2.20. The molecular formula is C22H24N2O4S2. The van der Waals surface area contributed by atoms with Gasteiger partial charge in [-0.25, -0.2) is 8.42 Å². The number of amides is 1. The molecule has 3 aromatic rings. The highest BCUT2D eigenvalue weighted by atomic mass is 32.2. The number of benzene rings is 2. The van der Waals surface area contributed by atoms with Gasteiger partial charge < -0.3 is 10.1 Å². The normalized spacial score (nSPS) is 12.2. The Morgan fingerprint density at radius 3 is 2.30 bits per heavy atom. The zero-order valence-electron chi connectivity index (χ0n) is 17.0. The molecule has 1 unspecified atom stereocenters. The lowest BCUT2D eigenvalue weighted by Crippen LogP contribution is -2.28. The minimum atomic E-state index is -3.61. The third-order valence-corrected chi connectivity index (χ3v) is 7.99. The van der Waals surface area contributed by atoms with Crippen LogP contribution in [0.25, 0.3) is 0 Å². The van der Waals surface area contributed by atoms with Crippen molar-refractivity contribution in [2.24, 2.45) is 0 Å². The van der Waals surface area contributed by atoms with E-state index < -0.39 is 10.0 Å².